The van der Waals surface area contributed by atoms with Gasteiger partial charge in [0.05, 0.1) is 18.8 Å². The fourth-order valence-electron chi connectivity index (χ4n) is 4.95. The molecule has 3 aromatic carbocycles. The number of benzene rings is 3. The second-order valence-corrected chi connectivity index (χ2v) is 13.0. The lowest BCUT2D eigenvalue weighted by Crippen LogP contribution is -2.33. The number of sulfonamides is 1. The molecule has 0 radical (unpaired) electrons. The molecule has 7 nitrogen and oxygen atoms in total. The van der Waals surface area contributed by atoms with Gasteiger partial charge in [-0.05, 0) is 80.1 Å². The van der Waals surface area contributed by atoms with Crippen molar-refractivity contribution in [1.82, 2.24) is 24.1 Å². The van der Waals surface area contributed by atoms with E-state index in [1.54, 1.807) is 23.6 Å². The van der Waals surface area contributed by atoms with Crippen molar-refractivity contribution in [2.24, 2.45) is 0 Å². The predicted octanol–water partition coefficient (Wildman–Crippen LogP) is 7.15. The van der Waals surface area contributed by atoms with Gasteiger partial charge in [0.25, 0.3) is 0 Å². The molecule has 0 N–H and O–H groups in total. The molecule has 0 aliphatic carbocycles. The largest absolute Gasteiger partial charge is 0.310 e. The molecule has 2 heterocycles. The van der Waals surface area contributed by atoms with Crippen molar-refractivity contribution < 1.29 is 17.2 Å². The Bertz CT molecular complexity index is 1870. The van der Waals surface area contributed by atoms with E-state index in [1.165, 1.54) is 12.4 Å². The van der Waals surface area contributed by atoms with Crippen LogP contribution in [0.1, 0.15) is 41.2 Å². The number of aromatic nitrogens is 4. The molecule has 0 spiro atoms. The summed E-state index contributed by atoms with van der Waals surface area (Å²) < 4.78 is 61.8. The van der Waals surface area contributed by atoms with Crippen LogP contribution in [0.2, 0.25) is 5.02 Å². The fourth-order valence-corrected chi connectivity index (χ4v) is 6.62. The van der Waals surface area contributed by atoms with Gasteiger partial charge in [-0.15, -0.1) is 10.2 Å². The SMILES string of the molecule is Cc1cccc(Cn2cnnc2CN(CCCCc2ccccc2)S(=O)(=O)c2cc(F)c(-c3ccc(C)c(Cl)c3)cc2F)n1. The third-order valence-corrected chi connectivity index (χ3v) is 9.65. The van der Waals surface area contributed by atoms with Crippen LogP contribution in [0, 0.1) is 25.5 Å². The highest BCUT2D eigenvalue weighted by atomic mass is 35.5. The van der Waals surface area contributed by atoms with Crippen LogP contribution in [0.15, 0.2) is 90.1 Å². The predicted molar refractivity (Wildman–Crippen MR) is 167 cm³/mol. The molecule has 0 aliphatic heterocycles. The van der Waals surface area contributed by atoms with E-state index in [2.05, 4.69) is 15.2 Å². The molecule has 0 unspecified atom stereocenters. The summed E-state index contributed by atoms with van der Waals surface area (Å²) in [5, 5.41) is 8.55. The van der Waals surface area contributed by atoms with Crippen molar-refractivity contribution >= 4 is 21.6 Å². The van der Waals surface area contributed by atoms with Crippen molar-refractivity contribution in [2.75, 3.05) is 6.54 Å². The third-order valence-electron chi connectivity index (χ3n) is 7.38. The molecule has 0 saturated heterocycles. The van der Waals surface area contributed by atoms with E-state index in [0.29, 0.717) is 35.8 Å². The second kappa shape index (κ2) is 13.8. The Morgan fingerprint density at radius 3 is 2.45 bits per heavy atom. The Labute approximate surface area is 261 Å². The Hall–Kier alpha value is -3.99. The zero-order valence-electron chi connectivity index (χ0n) is 24.4. The van der Waals surface area contributed by atoms with E-state index in [1.807, 2.05) is 55.5 Å². The van der Waals surface area contributed by atoms with E-state index >= 15 is 8.78 Å². The molecule has 0 atom stereocenters. The topological polar surface area (TPSA) is 81.0 Å². The highest BCUT2D eigenvalue weighted by molar-refractivity contribution is 7.89. The summed E-state index contributed by atoms with van der Waals surface area (Å²) in [7, 11) is -4.49. The lowest BCUT2D eigenvalue weighted by Gasteiger charge is -2.23. The molecule has 44 heavy (non-hydrogen) atoms. The first kappa shape index (κ1) is 31.4. The van der Waals surface area contributed by atoms with Crippen molar-refractivity contribution in [1.29, 1.82) is 0 Å². The first-order valence-corrected chi connectivity index (χ1v) is 16.0. The first-order chi connectivity index (χ1) is 21.1. The minimum absolute atomic E-state index is 0.0705. The highest BCUT2D eigenvalue weighted by Gasteiger charge is 2.30. The average molecular weight is 636 g/mol. The molecular weight excluding hydrogens is 604 g/mol. The molecular formula is C33H32ClF2N5O2S. The van der Waals surface area contributed by atoms with Gasteiger partial charge in [-0.1, -0.05) is 60.1 Å². The first-order valence-electron chi connectivity index (χ1n) is 14.2. The van der Waals surface area contributed by atoms with Gasteiger partial charge in [-0.2, -0.15) is 4.31 Å². The van der Waals surface area contributed by atoms with Gasteiger partial charge in [-0.25, -0.2) is 17.2 Å². The van der Waals surface area contributed by atoms with Crippen LogP contribution in [0.4, 0.5) is 8.78 Å². The minimum Gasteiger partial charge on any atom is -0.310 e. The second-order valence-electron chi connectivity index (χ2n) is 10.7. The molecule has 0 bridgehead atoms. The van der Waals surface area contributed by atoms with Gasteiger partial charge >= 0.3 is 0 Å². The van der Waals surface area contributed by atoms with Crippen LogP contribution in [0.3, 0.4) is 0 Å². The van der Waals surface area contributed by atoms with Gasteiger partial charge in [-0.3, -0.25) is 4.98 Å². The average Bonchev–Trinajstić information content (AvgIpc) is 3.43. The van der Waals surface area contributed by atoms with Crippen molar-refractivity contribution in [3.05, 3.63) is 130 Å². The summed E-state index contributed by atoms with van der Waals surface area (Å²) in [5.74, 6) is -1.58. The summed E-state index contributed by atoms with van der Waals surface area (Å²) in [6.45, 7) is 3.89. The van der Waals surface area contributed by atoms with E-state index in [9.17, 15) is 8.42 Å². The molecule has 0 amide bonds. The molecule has 228 valence electrons. The Kier molecular flexibility index (Phi) is 9.83. The normalized spacial score (nSPS) is 11.8. The Morgan fingerprint density at radius 2 is 1.70 bits per heavy atom. The number of unbranched alkanes of at least 4 members (excludes halogenated alkanes) is 1. The van der Waals surface area contributed by atoms with Crippen LogP contribution in [-0.2, 0) is 29.5 Å². The van der Waals surface area contributed by atoms with Crippen molar-refractivity contribution in [3.8, 4) is 11.1 Å². The number of aryl methyl sites for hydroxylation is 3. The number of hydrogen-bond acceptors (Lipinski definition) is 5. The minimum atomic E-state index is -4.49. The van der Waals surface area contributed by atoms with Crippen LogP contribution < -0.4 is 0 Å². The molecule has 0 aliphatic rings. The molecule has 0 saturated carbocycles. The lowest BCUT2D eigenvalue weighted by molar-refractivity contribution is 0.378. The molecule has 5 rings (SSSR count). The number of nitrogens with zero attached hydrogens (tertiary/aromatic N) is 5. The maximum atomic E-state index is 15.6. The summed E-state index contributed by atoms with van der Waals surface area (Å²) >= 11 is 6.20. The van der Waals surface area contributed by atoms with Gasteiger partial charge < -0.3 is 4.57 Å². The maximum absolute atomic E-state index is 15.6. The zero-order chi connectivity index (χ0) is 31.3. The smallest absolute Gasteiger partial charge is 0.246 e. The number of pyridine rings is 1. The van der Waals surface area contributed by atoms with Crippen LogP contribution in [0.5, 0.6) is 0 Å². The van der Waals surface area contributed by atoms with Gasteiger partial charge in [0.1, 0.15) is 28.7 Å². The molecule has 11 heteroatoms. The monoisotopic (exact) mass is 635 g/mol. The summed E-state index contributed by atoms with van der Waals surface area (Å²) in [6.07, 6.45) is 3.44. The molecule has 0 fully saturated rings. The summed E-state index contributed by atoms with van der Waals surface area (Å²) in [5.41, 5.74) is 3.77. The Morgan fingerprint density at radius 1 is 0.909 bits per heavy atom. The van der Waals surface area contributed by atoms with Gasteiger partial charge in [0.2, 0.25) is 10.0 Å². The lowest BCUT2D eigenvalue weighted by atomic mass is 10.0. The standard InChI is InChI=1S/C33H32ClF2N5O2S/c1-23-14-15-26(17-29(23)34)28-18-31(36)32(19-30(28)35)44(42,43)41(16-7-6-12-25-10-4-3-5-11-25)21-33-39-37-22-40(33)20-27-13-8-9-24(2)38-27/h3-5,8-11,13-15,17-19,22H,6-7,12,16,20-21H2,1-2H3. The van der Waals surface area contributed by atoms with Crippen molar-refractivity contribution in [2.45, 2.75) is 51.1 Å². The number of hydrogen-bond donors (Lipinski definition) is 0. The van der Waals surface area contributed by atoms with Crippen LogP contribution >= 0.6 is 11.6 Å². The Balaban J connectivity index is 1.44. The van der Waals surface area contributed by atoms with Crippen LogP contribution in [-0.4, -0.2) is 39.0 Å². The molecule has 5 aromatic rings. The fraction of sp³-hybridized carbons (Fsp3) is 0.242. The van der Waals surface area contributed by atoms with E-state index in [4.69, 9.17) is 11.6 Å². The number of rotatable bonds is 12. The highest BCUT2D eigenvalue weighted by Crippen LogP contribution is 2.32. The summed E-state index contributed by atoms with van der Waals surface area (Å²) in [4.78, 5) is 3.77. The van der Waals surface area contributed by atoms with Crippen LogP contribution in [0.25, 0.3) is 11.1 Å². The third kappa shape index (κ3) is 7.38. The van der Waals surface area contributed by atoms with Gasteiger partial charge in [0.15, 0.2) is 0 Å². The maximum Gasteiger partial charge on any atom is 0.246 e. The molecule has 2 aromatic heterocycles. The summed E-state index contributed by atoms with van der Waals surface area (Å²) in [6, 6.07) is 22.0. The quantitative estimate of drug-likeness (QED) is 0.136. The zero-order valence-corrected chi connectivity index (χ0v) is 26.0. The van der Waals surface area contributed by atoms with E-state index in [0.717, 1.165) is 45.4 Å². The number of halogens is 3. The van der Waals surface area contributed by atoms with E-state index in [-0.39, 0.29) is 18.7 Å². The van der Waals surface area contributed by atoms with E-state index < -0.39 is 26.6 Å². The van der Waals surface area contributed by atoms with Gasteiger partial charge in [0, 0.05) is 22.8 Å². The van der Waals surface area contributed by atoms with Crippen molar-refractivity contribution in [3.63, 3.8) is 0 Å².